The zero-order valence-corrected chi connectivity index (χ0v) is 12.3. The lowest BCUT2D eigenvalue weighted by molar-refractivity contribution is 0.252. The molecule has 18 heavy (non-hydrogen) atoms. The molecule has 1 aromatic heterocycles. The molecule has 0 spiro atoms. The first-order valence-electron chi connectivity index (χ1n) is 6.46. The second kappa shape index (κ2) is 7.43. The van der Waals surface area contributed by atoms with Crippen LogP contribution < -0.4 is 5.73 Å². The summed E-state index contributed by atoms with van der Waals surface area (Å²) in [5.41, 5.74) is 5.66. The highest BCUT2D eigenvalue weighted by molar-refractivity contribution is 7.80. The van der Waals surface area contributed by atoms with E-state index in [1.54, 1.807) is 6.33 Å². The summed E-state index contributed by atoms with van der Waals surface area (Å²) in [6.45, 7) is 9.85. The second-order valence-corrected chi connectivity index (χ2v) is 5.00. The summed E-state index contributed by atoms with van der Waals surface area (Å²) < 4.78 is 1.97. The van der Waals surface area contributed by atoms with Crippen LogP contribution in [0.3, 0.4) is 0 Å². The molecule has 1 aromatic rings. The molecule has 5 nitrogen and oxygen atoms in total. The van der Waals surface area contributed by atoms with Crippen LogP contribution in [0, 0.1) is 5.92 Å². The van der Waals surface area contributed by atoms with Gasteiger partial charge in [0.15, 0.2) is 0 Å². The van der Waals surface area contributed by atoms with Crippen LogP contribution in [0.5, 0.6) is 0 Å². The number of rotatable bonds is 8. The van der Waals surface area contributed by atoms with Gasteiger partial charge in [0.2, 0.25) is 0 Å². The van der Waals surface area contributed by atoms with Crippen LogP contribution in [-0.2, 0) is 13.1 Å². The molecule has 0 amide bonds. The van der Waals surface area contributed by atoms with Crippen molar-refractivity contribution < 1.29 is 0 Å². The van der Waals surface area contributed by atoms with Gasteiger partial charge in [-0.3, -0.25) is 4.90 Å². The van der Waals surface area contributed by atoms with Crippen molar-refractivity contribution in [1.82, 2.24) is 19.7 Å². The molecule has 0 fully saturated rings. The molecule has 2 N–H and O–H groups in total. The molecule has 0 radical (unpaired) electrons. The number of hydrogen-bond acceptors (Lipinski definition) is 4. The van der Waals surface area contributed by atoms with Gasteiger partial charge in [-0.05, 0) is 13.0 Å². The predicted molar refractivity (Wildman–Crippen MR) is 77.2 cm³/mol. The zero-order chi connectivity index (χ0) is 13.5. The largest absolute Gasteiger partial charge is 0.393 e. The van der Waals surface area contributed by atoms with E-state index in [-0.39, 0.29) is 5.92 Å². The van der Waals surface area contributed by atoms with Crippen molar-refractivity contribution in [2.24, 2.45) is 11.7 Å². The molecule has 0 saturated carbocycles. The minimum absolute atomic E-state index is 0.225. The zero-order valence-electron chi connectivity index (χ0n) is 11.5. The van der Waals surface area contributed by atoms with Gasteiger partial charge in [0, 0.05) is 19.0 Å². The Balaban J connectivity index is 2.61. The van der Waals surface area contributed by atoms with E-state index in [1.165, 1.54) is 0 Å². The molecule has 1 rings (SSSR count). The van der Waals surface area contributed by atoms with E-state index < -0.39 is 0 Å². The maximum absolute atomic E-state index is 5.66. The molecule has 0 aromatic carbocycles. The predicted octanol–water partition coefficient (Wildman–Crippen LogP) is 1.43. The van der Waals surface area contributed by atoms with Crippen molar-refractivity contribution in [3.05, 3.63) is 12.2 Å². The molecule has 1 unspecified atom stereocenters. The Morgan fingerprint density at radius 2 is 2.28 bits per heavy atom. The summed E-state index contributed by atoms with van der Waals surface area (Å²) in [4.78, 5) is 7.19. The topological polar surface area (TPSA) is 60.0 Å². The van der Waals surface area contributed by atoms with Crippen molar-refractivity contribution in [3.8, 4) is 0 Å². The maximum atomic E-state index is 5.66. The third-order valence-electron chi connectivity index (χ3n) is 2.96. The van der Waals surface area contributed by atoms with Gasteiger partial charge in [-0.1, -0.05) is 33.0 Å². The van der Waals surface area contributed by atoms with E-state index in [0.29, 0.717) is 4.99 Å². The Hall–Kier alpha value is -1.01. The highest BCUT2D eigenvalue weighted by Crippen LogP contribution is 2.06. The molecule has 1 atom stereocenters. The lowest BCUT2D eigenvalue weighted by Gasteiger charge is -2.23. The Bertz CT molecular complexity index is 376. The number of aromatic nitrogens is 3. The summed E-state index contributed by atoms with van der Waals surface area (Å²) >= 11 is 5.02. The molecular weight excluding hydrogens is 246 g/mol. The lowest BCUT2D eigenvalue weighted by atomic mass is 10.1. The van der Waals surface area contributed by atoms with Crippen LogP contribution in [0.1, 0.15) is 33.0 Å². The van der Waals surface area contributed by atoms with Crippen molar-refractivity contribution in [2.45, 2.75) is 40.3 Å². The molecular formula is C12H23N5S. The molecule has 0 saturated heterocycles. The van der Waals surface area contributed by atoms with Crippen LogP contribution in [0.25, 0.3) is 0 Å². The van der Waals surface area contributed by atoms with Crippen LogP contribution in [0.15, 0.2) is 6.33 Å². The number of aryl methyl sites for hydroxylation is 1. The fraction of sp³-hybridized carbons (Fsp3) is 0.750. The fourth-order valence-corrected chi connectivity index (χ4v) is 1.87. The Kier molecular flexibility index (Phi) is 6.21. The number of nitrogens with zero attached hydrogens (tertiary/aromatic N) is 4. The summed E-state index contributed by atoms with van der Waals surface area (Å²) in [5.74, 6) is 1.23. The van der Waals surface area contributed by atoms with Crippen molar-refractivity contribution in [1.29, 1.82) is 0 Å². The average Bonchev–Trinajstić information content (AvgIpc) is 2.76. The third kappa shape index (κ3) is 4.34. The second-order valence-electron chi connectivity index (χ2n) is 4.53. The van der Waals surface area contributed by atoms with Crippen LogP contribution >= 0.6 is 12.2 Å². The molecule has 0 aliphatic heterocycles. The van der Waals surface area contributed by atoms with Crippen LogP contribution in [0.2, 0.25) is 0 Å². The molecule has 0 aliphatic carbocycles. The first-order valence-corrected chi connectivity index (χ1v) is 6.87. The van der Waals surface area contributed by atoms with Gasteiger partial charge >= 0.3 is 0 Å². The van der Waals surface area contributed by atoms with Gasteiger partial charge < -0.3 is 5.73 Å². The summed E-state index contributed by atoms with van der Waals surface area (Å²) in [6.07, 6.45) is 2.68. The summed E-state index contributed by atoms with van der Waals surface area (Å²) in [6, 6.07) is 0. The van der Waals surface area contributed by atoms with Crippen molar-refractivity contribution in [3.63, 3.8) is 0 Å². The van der Waals surface area contributed by atoms with E-state index in [4.69, 9.17) is 18.0 Å². The summed E-state index contributed by atoms with van der Waals surface area (Å²) in [7, 11) is 0. The Morgan fingerprint density at radius 3 is 2.83 bits per heavy atom. The van der Waals surface area contributed by atoms with Gasteiger partial charge in [-0.2, -0.15) is 5.10 Å². The highest BCUT2D eigenvalue weighted by Gasteiger charge is 2.14. The van der Waals surface area contributed by atoms with Gasteiger partial charge in [0.25, 0.3) is 0 Å². The highest BCUT2D eigenvalue weighted by atomic mass is 32.1. The smallest absolute Gasteiger partial charge is 0.141 e. The van der Waals surface area contributed by atoms with Gasteiger partial charge in [-0.15, -0.1) is 0 Å². The van der Waals surface area contributed by atoms with Gasteiger partial charge in [0.1, 0.15) is 12.2 Å². The van der Waals surface area contributed by atoms with Gasteiger partial charge in [-0.25, -0.2) is 9.67 Å². The Morgan fingerprint density at radius 1 is 1.56 bits per heavy atom. The maximum Gasteiger partial charge on any atom is 0.141 e. The first kappa shape index (κ1) is 15.0. The molecule has 6 heteroatoms. The van der Waals surface area contributed by atoms with E-state index in [2.05, 4.69) is 35.8 Å². The molecule has 0 bridgehead atoms. The van der Waals surface area contributed by atoms with Gasteiger partial charge in [0.05, 0.1) is 11.5 Å². The fourth-order valence-electron chi connectivity index (χ4n) is 1.79. The van der Waals surface area contributed by atoms with E-state index in [1.807, 2.05) is 4.68 Å². The minimum Gasteiger partial charge on any atom is -0.393 e. The number of thiocarbonyl (C=S) groups is 1. The van der Waals surface area contributed by atoms with E-state index >= 15 is 0 Å². The van der Waals surface area contributed by atoms with Crippen LogP contribution in [-0.4, -0.2) is 37.7 Å². The quantitative estimate of drug-likeness (QED) is 0.724. The lowest BCUT2D eigenvalue weighted by Crippen LogP contribution is -2.34. The minimum atomic E-state index is 0.225. The standard InChI is InChI=1S/C12H23N5S/c1-4-6-17-11(14-9-15-17)8-16(5-2)7-10(3)12(13)18/h9-10H,4-8H2,1-3H3,(H2,13,18). The number of hydrogen-bond donors (Lipinski definition) is 1. The Labute approximate surface area is 114 Å². The number of nitrogens with two attached hydrogens (primary N) is 1. The molecule has 0 aliphatic rings. The SMILES string of the molecule is CCCn1ncnc1CN(CC)CC(C)C(N)=S. The van der Waals surface area contributed by atoms with Crippen molar-refractivity contribution in [2.75, 3.05) is 13.1 Å². The molecule has 102 valence electrons. The van der Waals surface area contributed by atoms with Crippen molar-refractivity contribution >= 4 is 17.2 Å². The first-order chi connectivity index (χ1) is 8.58. The van der Waals surface area contributed by atoms with Crippen LogP contribution in [0.4, 0.5) is 0 Å². The third-order valence-corrected chi connectivity index (χ3v) is 3.36. The monoisotopic (exact) mass is 269 g/mol. The van der Waals surface area contributed by atoms with E-state index in [0.717, 1.165) is 38.4 Å². The summed E-state index contributed by atoms with van der Waals surface area (Å²) in [5, 5.41) is 4.24. The average molecular weight is 269 g/mol. The normalized spacial score (nSPS) is 12.9. The van der Waals surface area contributed by atoms with E-state index in [9.17, 15) is 0 Å². The molecule has 1 heterocycles.